The van der Waals surface area contributed by atoms with E-state index in [-0.39, 0.29) is 0 Å². The van der Waals surface area contributed by atoms with Crippen LogP contribution < -0.4 is 10.5 Å². The van der Waals surface area contributed by atoms with E-state index in [9.17, 15) is 0 Å². The van der Waals surface area contributed by atoms with E-state index in [1.165, 1.54) is 0 Å². The van der Waals surface area contributed by atoms with Crippen molar-refractivity contribution in [3.63, 3.8) is 0 Å². The standard InChI is InChI=1S/C11H12BrN3O/c1-7-4-11(15-14-7)16-10-5-9(12)3-2-8(10)6-13/h2-5H,6,13H2,1H3,(H,14,15). The maximum Gasteiger partial charge on any atom is 0.238 e. The van der Waals surface area contributed by atoms with Gasteiger partial charge in [-0.15, -0.1) is 5.10 Å². The summed E-state index contributed by atoms with van der Waals surface area (Å²) < 4.78 is 6.60. The number of ether oxygens (including phenoxy) is 1. The van der Waals surface area contributed by atoms with E-state index >= 15 is 0 Å². The largest absolute Gasteiger partial charge is 0.437 e. The molecule has 1 aromatic heterocycles. The van der Waals surface area contributed by atoms with E-state index < -0.39 is 0 Å². The molecule has 2 rings (SSSR count). The van der Waals surface area contributed by atoms with Gasteiger partial charge in [0, 0.05) is 28.3 Å². The first kappa shape index (κ1) is 11.2. The van der Waals surface area contributed by atoms with Crippen molar-refractivity contribution >= 4 is 15.9 Å². The van der Waals surface area contributed by atoms with Crippen LogP contribution in [0.1, 0.15) is 11.3 Å². The molecule has 1 aromatic carbocycles. The van der Waals surface area contributed by atoms with Gasteiger partial charge in [0.25, 0.3) is 0 Å². The van der Waals surface area contributed by atoms with Gasteiger partial charge in [-0.05, 0) is 19.1 Å². The molecule has 3 N–H and O–H groups in total. The number of aryl methyl sites for hydroxylation is 1. The summed E-state index contributed by atoms with van der Waals surface area (Å²) in [5, 5.41) is 6.84. The number of benzene rings is 1. The molecule has 0 unspecified atom stereocenters. The molecule has 0 saturated heterocycles. The van der Waals surface area contributed by atoms with Crippen LogP contribution in [0, 0.1) is 6.92 Å². The second-order valence-corrected chi connectivity index (χ2v) is 4.36. The lowest BCUT2D eigenvalue weighted by Gasteiger charge is -2.07. The van der Waals surface area contributed by atoms with Gasteiger partial charge >= 0.3 is 0 Å². The van der Waals surface area contributed by atoms with Gasteiger partial charge in [0.05, 0.1) is 0 Å². The molecular weight excluding hydrogens is 270 g/mol. The van der Waals surface area contributed by atoms with E-state index in [0.717, 1.165) is 21.5 Å². The van der Waals surface area contributed by atoms with Crippen LogP contribution in [-0.2, 0) is 6.54 Å². The fourth-order valence-corrected chi connectivity index (χ4v) is 1.69. The second kappa shape index (κ2) is 4.67. The lowest BCUT2D eigenvalue weighted by Crippen LogP contribution is -1.99. The van der Waals surface area contributed by atoms with Gasteiger partial charge in [-0.2, -0.15) is 0 Å². The second-order valence-electron chi connectivity index (χ2n) is 3.45. The summed E-state index contributed by atoms with van der Waals surface area (Å²) in [6.07, 6.45) is 0. The molecule has 0 aliphatic rings. The van der Waals surface area contributed by atoms with E-state index in [1.807, 2.05) is 31.2 Å². The molecule has 0 amide bonds. The first-order chi connectivity index (χ1) is 7.69. The number of nitrogens with one attached hydrogen (secondary N) is 1. The van der Waals surface area contributed by atoms with Crippen molar-refractivity contribution in [1.82, 2.24) is 10.2 Å². The van der Waals surface area contributed by atoms with Crippen LogP contribution in [0.2, 0.25) is 0 Å². The Balaban J connectivity index is 2.29. The Morgan fingerprint density at radius 3 is 2.88 bits per heavy atom. The highest BCUT2D eigenvalue weighted by atomic mass is 79.9. The van der Waals surface area contributed by atoms with Gasteiger partial charge in [0.1, 0.15) is 5.75 Å². The maximum atomic E-state index is 5.65. The quantitative estimate of drug-likeness (QED) is 0.909. The molecule has 0 saturated carbocycles. The molecule has 84 valence electrons. The number of halogens is 1. The summed E-state index contributed by atoms with van der Waals surface area (Å²) >= 11 is 3.40. The number of nitrogens with two attached hydrogens (primary N) is 1. The fraction of sp³-hybridized carbons (Fsp3) is 0.182. The molecule has 0 fully saturated rings. The molecule has 0 aliphatic heterocycles. The summed E-state index contributed by atoms with van der Waals surface area (Å²) in [7, 11) is 0. The van der Waals surface area contributed by atoms with E-state index in [4.69, 9.17) is 10.5 Å². The van der Waals surface area contributed by atoms with E-state index in [2.05, 4.69) is 26.1 Å². The van der Waals surface area contributed by atoms with Crippen molar-refractivity contribution in [2.24, 2.45) is 5.73 Å². The molecule has 0 radical (unpaired) electrons. The summed E-state index contributed by atoms with van der Waals surface area (Å²) in [5.41, 5.74) is 7.54. The number of rotatable bonds is 3. The van der Waals surface area contributed by atoms with Gasteiger partial charge in [0.15, 0.2) is 0 Å². The highest BCUT2D eigenvalue weighted by Crippen LogP contribution is 2.27. The van der Waals surface area contributed by atoms with Gasteiger partial charge in [-0.3, -0.25) is 5.10 Å². The first-order valence-electron chi connectivity index (χ1n) is 4.87. The molecular formula is C11H12BrN3O. The summed E-state index contributed by atoms with van der Waals surface area (Å²) in [5.74, 6) is 1.27. The predicted molar refractivity (Wildman–Crippen MR) is 65.4 cm³/mol. The SMILES string of the molecule is Cc1cc(Oc2cc(Br)ccc2CN)n[nH]1. The molecule has 2 aromatic rings. The minimum Gasteiger partial charge on any atom is -0.437 e. The third-order valence-corrected chi connectivity index (χ3v) is 2.64. The average Bonchev–Trinajstić information content (AvgIpc) is 2.64. The van der Waals surface area contributed by atoms with Crippen LogP contribution >= 0.6 is 15.9 Å². The number of nitrogens with zero attached hydrogens (tertiary/aromatic N) is 1. The third-order valence-electron chi connectivity index (χ3n) is 2.15. The average molecular weight is 282 g/mol. The van der Waals surface area contributed by atoms with Crippen molar-refractivity contribution in [1.29, 1.82) is 0 Å². The Bertz CT molecular complexity index is 496. The van der Waals surface area contributed by atoms with Crippen LogP contribution in [0.25, 0.3) is 0 Å². The Morgan fingerprint density at radius 2 is 2.25 bits per heavy atom. The van der Waals surface area contributed by atoms with Gasteiger partial charge in [-0.25, -0.2) is 0 Å². The molecule has 0 bridgehead atoms. The Hall–Kier alpha value is -1.33. The van der Waals surface area contributed by atoms with Gasteiger partial charge < -0.3 is 10.5 Å². The Kier molecular flexibility index (Phi) is 3.26. The molecule has 4 nitrogen and oxygen atoms in total. The zero-order valence-electron chi connectivity index (χ0n) is 8.83. The first-order valence-corrected chi connectivity index (χ1v) is 5.66. The fourth-order valence-electron chi connectivity index (χ4n) is 1.35. The lowest BCUT2D eigenvalue weighted by molar-refractivity contribution is 0.455. The highest BCUT2D eigenvalue weighted by Gasteiger charge is 2.06. The topological polar surface area (TPSA) is 63.9 Å². The van der Waals surface area contributed by atoms with Crippen molar-refractivity contribution in [2.45, 2.75) is 13.5 Å². The van der Waals surface area contributed by atoms with Crippen LogP contribution in [-0.4, -0.2) is 10.2 Å². The van der Waals surface area contributed by atoms with Crippen LogP contribution in [0.4, 0.5) is 0 Å². The third kappa shape index (κ3) is 2.43. The lowest BCUT2D eigenvalue weighted by atomic mass is 10.2. The molecule has 0 spiro atoms. The molecule has 0 aliphatic carbocycles. The van der Waals surface area contributed by atoms with Crippen molar-refractivity contribution in [3.8, 4) is 11.6 Å². The normalized spacial score (nSPS) is 10.4. The van der Waals surface area contributed by atoms with E-state index in [1.54, 1.807) is 0 Å². The monoisotopic (exact) mass is 281 g/mol. The number of H-pyrrole nitrogens is 1. The number of aromatic nitrogens is 2. The Labute approximate surface area is 102 Å². The van der Waals surface area contributed by atoms with Crippen molar-refractivity contribution < 1.29 is 4.74 Å². The smallest absolute Gasteiger partial charge is 0.238 e. The number of aromatic amines is 1. The maximum absolute atomic E-state index is 5.65. The van der Waals surface area contributed by atoms with Crippen LogP contribution in [0.3, 0.4) is 0 Å². The molecule has 16 heavy (non-hydrogen) atoms. The van der Waals surface area contributed by atoms with Crippen molar-refractivity contribution in [3.05, 3.63) is 40.0 Å². The molecule has 5 heteroatoms. The Morgan fingerprint density at radius 1 is 1.44 bits per heavy atom. The highest BCUT2D eigenvalue weighted by molar-refractivity contribution is 9.10. The van der Waals surface area contributed by atoms with Gasteiger partial charge in [0.2, 0.25) is 5.88 Å². The summed E-state index contributed by atoms with van der Waals surface area (Å²) in [6.45, 7) is 2.36. The minimum absolute atomic E-state index is 0.437. The van der Waals surface area contributed by atoms with Crippen LogP contribution in [0.5, 0.6) is 11.6 Å². The minimum atomic E-state index is 0.437. The van der Waals surface area contributed by atoms with Crippen molar-refractivity contribution in [2.75, 3.05) is 0 Å². The van der Waals surface area contributed by atoms with E-state index in [0.29, 0.717) is 12.4 Å². The van der Waals surface area contributed by atoms with Crippen LogP contribution in [0.15, 0.2) is 28.7 Å². The summed E-state index contributed by atoms with van der Waals surface area (Å²) in [6, 6.07) is 7.58. The molecule has 0 atom stereocenters. The zero-order valence-corrected chi connectivity index (χ0v) is 10.4. The summed E-state index contributed by atoms with van der Waals surface area (Å²) in [4.78, 5) is 0. The predicted octanol–water partition coefficient (Wildman–Crippen LogP) is 2.73. The molecule has 1 heterocycles. The number of hydrogen-bond acceptors (Lipinski definition) is 3. The zero-order chi connectivity index (χ0) is 11.5. The van der Waals surface area contributed by atoms with Gasteiger partial charge in [-0.1, -0.05) is 22.0 Å². The number of hydrogen-bond donors (Lipinski definition) is 2.